The van der Waals surface area contributed by atoms with Crippen LogP contribution in [0, 0.1) is 12.8 Å². The third-order valence-corrected chi connectivity index (χ3v) is 4.18. The number of pyridine rings is 1. The van der Waals surface area contributed by atoms with Crippen molar-refractivity contribution in [1.29, 1.82) is 0 Å². The van der Waals surface area contributed by atoms with E-state index in [4.69, 9.17) is 4.74 Å². The average molecular weight is 284 g/mol. The van der Waals surface area contributed by atoms with Crippen LogP contribution in [0.15, 0.2) is 30.3 Å². The minimum absolute atomic E-state index is 0.210. The van der Waals surface area contributed by atoms with E-state index < -0.39 is 0 Å². The van der Waals surface area contributed by atoms with Crippen molar-refractivity contribution in [1.82, 2.24) is 10.3 Å². The molecule has 3 heteroatoms. The second-order valence-corrected chi connectivity index (χ2v) is 6.31. The van der Waals surface area contributed by atoms with Gasteiger partial charge in [-0.1, -0.05) is 26.0 Å². The lowest BCUT2D eigenvalue weighted by Crippen LogP contribution is -2.30. The van der Waals surface area contributed by atoms with Crippen molar-refractivity contribution >= 4 is 10.9 Å². The van der Waals surface area contributed by atoms with Crippen LogP contribution in [-0.2, 0) is 4.74 Å². The Bertz CT molecular complexity index is 624. The Morgan fingerprint density at radius 2 is 2.14 bits per heavy atom. The van der Waals surface area contributed by atoms with E-state index in [0.717, 1.165) is 30.8 Å². The molecule has 1 aromatic heterocycles. The number of rotatable bonds is 4. The Hall–Kier alpha value is -1.45. The van der Waals surface area contributed by atoms with Gasteiger partial charge in [0.05, 0.1) is 11.6 Å². The molecule has 0 saturated carbocycles. The van der Waals surface area contributed by atoms with Crippen LogP contribution in [0.1, 0.15) is 37.6 Å². The second kappa shape index (κ2) is 6.12. The Labute approximate surface area is 126 Å². The van der Waals surface area contributed by atoms with E-state index in [1.807, 2.05) is 6.92 Å². The fraction of sp³-hybridized carbons (Fsp3) is 0.500. The Morgan fingerprint density at radius 3 is 2.95 bits per heavy atom. The summed E-state index contributed by atoms with van der Waals surface area (Å²) in [5.41, 5.74) is 3.40. The summed E-state index contributed by atoms with van der Waals surface area (Å²) in [4.78, 5) is 4.57. The van der Waals surface area contributed by atoms with Gasteiger partial charge in [0.25, 0.3) is 0 Å². The van der Waals surface area contributed by atoms with E-state index in [1.54, 1.807) is 0 Å². The van der Waals surface area contributed by atoms with Crippen molar-refractivity contribution in [2.24, 2.45) is 5.92 Å². The van der Waals surface area contributed by atoms with Crippen molar-refractivity contribution in [2.45, 2.75) is 39.3 Å². The predicted octanol–water partition coefficient (Wildman–Crippen LogP) is 3.62. The number of fused-ring (bicyclic) bond motifs is 1. The molecular formula is C18H24N2O. The standard InChI is InChI=1S/C18H24N2O/c1-12(2)19-11-16-8-9-21-18(16)15-6-7-17-14(10-15)5-4-13(3)20-17/h4-7,10,12,16,18-19H,8-9,11H2,1-3H3. The summed E-state index contributed by atoms with van der Waals surface area (Å²) in [6.45, 7) is 8.29. The minimum Gasteiger partial charge on any atom is -0.373 e. The topological polar surface area (TPSA) is 34.1 Å². The van der Waals surface area contributed by atoms with Crippen LogP contribution in [0.3, 0.4) is 0 Å². The van der Waals surface area contributed by atoms with E-state index in [-0.39, 0.29) is 6.10 Å². The predicted molar refractivity (Wildman–Crippen MR) is 86.4 cm³/mol. The molecule has 0 spiro atoms. The maximum Gasteiger partial charge on any atom is 0.0866 e. The fourth-order valence-corrected chi connectivity index (χ4v) is 3.02. The maximum absolute atomic E-state index is 6.00. The molecule has 1 saturated heterocycles. The van der Waals surface area contributed by atoms with Crippen molar-refractivity contribution in [3.8, 4) is 0 Å². The summed E-state index contributed by atoms with van der Waals surface area (Å²) in [5, 5.41) is 4.74. The summed E-state index contributed by atoms with van der Waals surface area (Å²) in [6.07, 6.45) is 1.34. The van der Waals surface area contributed by atoms with Crippen LogP contribution in [0.2, 0.25) is 0 Å². The van der Waals surface area contributed by atoms with Crippen LogP contribution >= 0.6 is 0 Å². The quantitative estimate of drug-likeness (QED) is 0.931. The largest absolute Gasteiger partial charge is 0.373 e. The molecule has 2 atom stereocenters. The maximum atomic E-state index is 6.00. The molecule has 112 valence electrons. The highest BCUT2D eigenvalue weighted by atomic mass is 16.5. The van der Waals surface area contributed by atoms with E-state index in [2.05, 4.69) is 54.5 Å². The number of nitrogens with zero attached hydrogens (tertiary/aromatic N) is 1. The first-order chi connectivity index (χ1) is 10.1. The molecule has 3 rings (SSSR count). The van der Waals surface area contributed by atoms with Gasteiger partial charge in [-0.2, -0.15) is 0 Å². The van der Waals surface area contributed by atoms with Crippen molar-refractivity contribution in [2.75, 3.05) is 13.2 Å². The zero-order valence-corrected chi connectivity index (χ0v) is 13.1. The number of ether oxygens (including phenoxy) is 1. The molecular weight excluding hydrogens is 260 g/mol. The van der Waals surface area contributed by atoms with Gasteiger partial charge in [0, 0.05) is 36.2 Å². The number of hydrogen-bond donors (Lipinski definition) is 1. The van der Waals surface area contributed by atoms with Gasteiger partial charge >= 0.3 is 0 Å². The van der Waals surface area contributed by atoms with E-state index in [0.29, 0.717) is 12.0 Å². The highest BCUT2D eigenvalue weighted by Crippen LogP contribution is 2.35. The normalized spacial score (nSPS) is 22.3. The van der Waals surface area contributed by atoms with Crippen LogP contribution in [0.5, 0.6) is 0 Å². The molecule has 0 bridgehead atoms. The van der Waals surface area contributed by atoms with Gasteiger partial charge in [0.2, 0.25) is 0 Å². The van der Waals surface area contributed by atoms with Crippen LogP contribution in [0.4, 0.5) is 0 Å². The van der Waals surface area contributed by atoms with E-state index in [1.165, 1.54) is 10.9 Å². The van der Waals surface area contributed by atoms with E-state index in [9.17, 15) is 0 Å². The number of aryl methyl sites for hydroxylation is 1. The SMILES string of the molecule is Cc1ccc2cc(C3OCCC3CNC(C)C)ccc2n1. The van der Waals surface area contributed by atoms with Crippen LogP contribution < -0.4 is 5.32 Å². The molecule has 2 heterocycles. The highest BCUT2D eigenvalue weighted by molar-refractivity contribution is 5.79. The Balaban J connectivity index is 1.83. The molecule has 1 aliphatic heterocycles. The fourth-order valence-electron chi connectivity index (χ4n) is 3.02. The summed E-state index contributed by atoms with van der Waals surface area (Å²) in [7, 11) is 0. The van der Waals surface area contributed by atoms with Crippen LogP contribution in [0.25, 0.3) is 10.9 Å². The van der Waals surface area contributed by atoms with Crippen molar-refractivity contribution in [3.05, 3.63) is 41.6 Å². The molecule has 1 aliphatic rings. The molecule has 3 nitrogen and oxygen atoms in total. The zero-order chi connectivity index (χ0) is 14.8. The summed E-state index contributed by atoms with van der Waals surface area (Å²) < 4.78 is 6.00. The smallest absolute Gasteiger partial charge is 0.0866 e. The van der Waals surface area contributed by atoms with Gasteiger partial charge in [-0.15, -0.1) is 0 Å². The second-order valence-electron chi connectivity index (χ2n) is 6.31. The zero-order valence-electron chi connectivity index (χ0n) is 13.1. The Kier molecular flexibility index (Phi) is 4.22. The van der Waals surface area contributed by atoms with Crippen molar-refractivity contribution in [3.63, 3.8) is 0 Å². The lowest BCUT2D eigenvalue weighted by Gasteiger charge is -2.21. The lowest BCUT2D eigenvalue weighted by atomic mass is 9.94. The molecule has 1 N–H and O–H groups in total. The first kappa shape index (κ1) is 14.5. The van der Waals surface area contributed by atoms with Gasteiger partial charge in [-0.05, 0) is 37.1 Å². The van der Waals surface area contributed by atoms with Gasteiger partial charge in [0.15, 0.2) is 0 Å². The first-order valence-electron chi connectivity index (χ1n) is 7.86. The molecule has 1 fully saturated rings. The lowest BCUT2D eigenvalue weighted by molar-refractivity contribution is 0.0902. The number of benzene rings is 1. The number of nitrogens with one attached hydrogen (secondary N) is 1. The molecule has 0 aliphatic carbocycles. The third kappa shape index (κ3) is 3.25. The van der Waals surface area contributed by atoms with Gasteiger partial charge in [-0.25, -0.2) is 0 Å². The summed E-state index contributed by atoms with van der Waals surface area (Å²) in [5.74, 6) is 0.559. The summed E-state index contributed by atoms with van der Waals surface area (Å²) >= 11 is 0. The third-order valence-electron chi connectivity index (χ3n) is 4.18. The molecule has 2 unspecified atom stereocenters. The highest BCUT2D eigenvalue weighted by Gasteiger charge is 2.29. The number of hydrogen-bond acceptors (Lipinski definition) is 3. The minimum atomic E-state index is 0.210. The first-order valence-corrected chi connectivity index (χ1v) is 7.86. The van der Waals surface area contributed by atoms with Gasteiger partial charge < -0.3 is 10.1 Å². The summed E-state index contributed by atoms with van der Waals surface area (Å²) in [6, 6.07) is 11.3. The number of aromatic nitrogens is 1. The molecule has 2 aromatic rings. The molecule has 21 heavy (non-hydrogen) atoms. The van der Waals surface area contributed by atoms with Crippen molar-refractivity contribution < 1.29 is 4.74 Å². The molecule has 0 amide bonds. The Morgan fingerprint density at radius 1 is 1.29 bits per heavy atom. The van der Waals surface area contributed by atoms with Crippen LogP contribution in [-0.4, -0.2) is 24.2 Å². The van der Waals surface area contributed by atoms with Gasteiger partial charge in [-0.3, -0.25) is 4.98 Å². The van der Waals surface area contributed by atoms with E-state index >= 15 is 0 Å². The average Bonchev–Trinajstić information content (AvgIpc) is 2.93. The monoisotopic (exact) mass is 284 g/mol. The molecule has 0 radical (unpaired) electrons. The molecule has 1 aromatic carbocycles. The van der Waals surface area contributed by atoms with Gasteiger partial charge in [0.1, 0.15) is 0 Å².